The van der Waals surface area contributed by atoms with Crippen LogP contribution in [0.1, 0.15) is 26.2 Å². The number of ether oxygens (including phenoxy) is 2. The highest BCUT2D eigenvalue weighted by molar-refractivity contribution is 5.72. The Labute approximate surface area is 112 Å². The van der Waals surface area contributed by atoms with Gasteiger partial charge in [-0.1, -0.05) is 6.07 Å². The lowest BCUT2D eigenvalue weighted by Gasteiger charge is -2.25. The number of carbonyl (C=O) groups excluding carboxylic acids is 2. The normalized spacial score (nSPS) is 14.9. The van der Waals surface area contributed by atoms with E-state index in [1.807, 2.05) is 0 Å². The molecule has 0 aromatic heterocycles. The van der Waals surface area contributed by atoms with Crippen molar-refractivity contribution in [1.29, 1.82) is 0 Å². The van der Waals surface area contributed by atoms with Gasteiger partial charge >= 0.3 is 12.1 Å². The van der Waals surface area contributed by atoms with Crippen LogP contribution in [0.4, 0.5) is 4.79 Å². The van der Waals surface area contributed by atoms with Crippen LogP contribution in [0.2, 0.25) is 0 Å². The molecule has 1 aromatic rings. The van der Waals surface area contributed by atoms with Crippen LogP contribution < -0.4 is 9.47 Å². The van der Waals surface area contributed by atoms with Gasteiger partial charge in [0.25, 0.3) is 0 Å². The predicted octanol–water partition coefficient (Wildman–Crippen LogP) is 2.60. The molecule has 5 nitrogen and oxygen atoms in total. The van der Waals surface area contributed by atoms with E-state index < -0.39 is 5.97 Å². The summed E-state index contributed by atoms with van der Waals surface area (Å²) in [5.74, 6) is 0.352. The van der Waals surface area contributed by atoms with Gasteiger partial charge in [-0.15, -0.1) is 0 Å². The van der Waals surface area contributed by atoms with E-state index in [9.17, 15) is 9.59 Å². The van der Waals surface area contributed by atoms with Crippen LogP contribution in [0.5, 0.6) is 11.5 Å². The maximum atomic E-state index is 11.9. The molecule has 19 heavy (non-hydrogen) atoms. The molecule has 1 heterocycles. The van der Waals surface area contributed by atoms with Crippen molar-refractivity contribution in [1.82, 2.24) is 4.90 Å². The molecule has 0 aliphatic carbocycles. The first-order valence-corrected chi connectivity index (χ1v) is 6.40. The average molecular weight is 263 g/mol. The quantitative estimate of drug-likeness (QED) is 0.608. The van der Waals surface area contributed by atoms with E-state index in [4.69, 9.17) is 9.47 Å². The molecule has 1 aliphatic rings. The highest BCUT2D eigenvalue weighted by Gasteiger charge is 2.18. The number of rotatable bonds is 2. The van der Waals surface area contributed by atoms with E-state index in [1.165, 1.54) is 13.0 Å². The molecular formula is C14H17NO4. The minimum Gasteiger partial charge on any atom is -0.427 e. The number of benzene rings is 1. The first kappa shape index (κ1) is 13.4. The molecule has 0 saturated carbocycles. The SMILES string of the molecule is CC(=O)Oc1cccc(OC(=O)N2CCCCC2)c1. The second kappa shape index (κ2) is 6.22. The largest absolute Gasteiger partial charge is 0.427 e. The molecule has 0 radical (unpaired) electrons. The Kier molecular flexibility index (Phi) is 4.39. The van der Waals surface area contributed by atoms with Crippen LogP contribution in [-0.4, -0.2) is 30.1 Å². The Morgan fingerprint density at radius 2 is 1.68 bits per heavy atom. The second-order valence-corrected chi connectivity index (χ2v) is 4.48. The van der Waals surface area contributed by atoms with Gasteiger partial charge in [0, 0.05) is 26.1 Å². The third-order valence-corrected chi connectivity index (χ3v) is 2.89. The van der Waals surface area contributed by atoms with E-state index in [2.05, 4.69) is 0 Å². The molecule has 0 atom stereocenters. The highest BCUT2D eigenvalue weighted by atomic mass is 16.6. The Morgan fingerprint density at radius 3 is 2.32 bits per heavy atom. The standard InChI is InChI=1S/C14H17NO4/c1-11(16)18-12-6-5-7-13(10-12)19-14(17)15-8-3-2-4-9-15/h5-7,10H,2-4,8-9H2,1H3. The third-order valence-electron chi connectivity index (χ3n) is 2.89. The van der Waals surface area contributed by atoms with Crippen LogP contribution in [-0.2, 0) is 4.79 Å². The Hall–Kier alpha value is -2.04. The molecule has 1 aliphatic heterocycles. The molecule has 1 saturated heterocycles. The van der Waals surface area contributed by atoms with Crippen molar-refractivity contribution in [2.45, 2.75) is 26.2 Å². The number of hydrogen-bond acceptors (Lipinski definition) is 4. The Bertz CT molecular complexity index is 466. The second-order valence-electron chi connectivity index (χ2n) is 4.48. The van der Waals surface area contributed by atoms with Crippen LogP contribution in [0, 0.1) is 0 Å². The molecule has 0 N–H and O–H groups in total. The van der Waals surface area contributed by atoms with Crippen molar-refractivity contribution in [3.05, 3.63) is 24.3 Å². The number of hydrogen-bond donors (Lipinski definition) is 0. The summed E-state index contributed by atoms with van der Waals surface area (Å²) in [5.41, 5.74) is 0. The Balaban J connectivity index is 1.97. The van der Waals surface area contributed by atoms with Crippen LogP contribution in [0.25, 0.3) is 0 Å². The van der Waals surface area contributed by atoms with Crippen LogP contribution >= 0.6 is 0 Å². The van der Waals surface area contributed by atoms with Crippen molar-refractivity contribution < 1.29 is 19.1 Å². The first-order valence-electron chi connectivity index (χ1n) is 6.40. The van der Waals surface area contributed by atoms with Gasteiger partial charge in [-0.2, -0.15) is 0 Å². The van der Waals surface area contributed by atoms with Gasteiger partial charge in [0.1, 0.15) is 11.5 Å². The highest BCUT2D eigenvalue weighted by Crippen LogP contribution is 2.21. The molecule has 1 aromatic carbocycles. The predicted molar refractivity (Wildman–Crippen MR) is 69.2 cm³/mol. The number of amides is 1. The molecule has 1 fully saturated rings. The van der Waals surface area contributed by atoms with Gasteiger partial charge in [0.05, 0.1) is 0 Å². The minimum absolute atomic E-state index is 0.348. The van der Waals surface area contributed by atoms with Crippen molar-refractivity contribution in [2.75, 3.05) is 13.1 Å². The zero-order valence-corrected chi connectivity index (χ0v) is 10.9. The summed E-state index contributed by atoms with van der Waals surface area (Å²) in [6.45, 7) is 2.80. The topological polar surface area (TPSA) is 55.8 Å². The molecule has 1 amide bonds. The number of likely N-dealkylation sites (tertiary alicyclic amines) is 1. The van der Waals surface area contributed by atoms with Gasteiger partial charge in [-0.3, -0.25) is 4.79 Å². The van der Waals surface area contributed by atoms with E-state index in [0.717, 1.165) is 32.4 Å². The molecule has 2 rings (SSSR count). The third kappa shape index (κ3) is 3.98. The monoisotopic (exact) mass is 263 g/mol. The lowest BCUT2D eigenvalue weighted by molar-refractivity contribution is -0.131. The van der Waals surface area contributed by atoms with Gasteiger partial charge in [0.2, 0.25) is 0 Å². The number of piperidine rings is 1. The molecule has 5 heteroatoms. The summed E-state index contributed by atoms with van der Waals surface area (Å²) in [6, 6.07) is 6.51. The van der Waals surface area contributed by atoms with Crippen molar-refractivity contribution in [3.63, 3.8) is 0 Å². The summed E-state index contributed by atoms with van der Waals surface area (Å²) in [6.07, 6.45) is 2.84. The average Bonchev–Trinajstić information content (AvgIpc) is 2.39. The fraction of sp³-hybridized carbons (Fsp3) is 0.429. The number of nitrogens with zero attached hydrogens (tertiary/aromatic N) is 1. The lowest BCUT2D eigenvalue weighted by atomic mass is 10.1. The smallest absolute Gasteiger partial charge is 0.415 e. The lowest BCUT2D eigenvalue weighted by Crippen LogP contribution is -2.37. The van der Waals surface area contributed by atoms with E-state index in [0.29, 0.717) is 11.5 Å². The Morgan fingerprint density at radius 1 is 1.05 bits per heavy atom. The zero-order valence-electron chi connectivity index (χ0n) is 10.9. The summed E-state index contributed by atoms with van der Waals surface area (Å²) in [5, 5.41) is 0. The van der Waals surface area contributed by atoms with E-state index >= 15 is 0 Å². The van der Waals surface area contributed by atoms with E-state index in [1.54, 1.807) is 23.1 Å². The summed E-state index contributed by atoms with van der Waals surface area (Å²) in [7, 11) is 0. The molecule has 102 valence electrons. The summed E-state index contributed by atoms with van der Waals surface area (Å²) < 4.78 is 10.2. The molecule has 0 bridgehead atoms. The fourth-order valence-corrected chi connectivity index (χ4v) is 2.01. The zero-order chi connectivity index (χ0) is 13.7. The van der Waals surface area contributed by atoms with Crippen molar-refractivity contribution in [2.24, 2.45) is 0 Å². The summed E-state index contributed by atoms with van der Waals surface area (Å²) in [4.78, 5) is 24.4. The van der Waals surface area contributed by atoms with Crippen molar-refractivity contribution in [3.8, 4) is 11.5 Å². The van der Waals surface area contributed by atoms with Crippen molar-refractivity contribution >= 4 is 12.1 Å². The van der Waals surface area contributed by atoms with Gasteiger partial charge in [-0.05, 0) is 31.4 Å². The number of esters is 1. The minimum atomic E-state index is -0.403. The van der Waals surface area contributed by atoms with E-state index in [-0.39, 0.29) is 6.09 Å². The maximum Gasteiger partial charge on any atom is 0.415 e. The van der Waals surface area contributed by atoms with Crippen LogP contribution in [0.3, 0.4) is 0 Å². The van der Waals surface area contributed by atoms with Gasteiger partial charge < -0.3 is 14.4 Å². The van der Waals surface area contributed by atoms with Gasteiger partial charge in [-0.25, -0.2) is 4.79 Å². The van der Waals surface area contributed by atoms with Gasteiger partial charge in [0.15, 0.2) is 0 Å². The molecule has 0 spiro atoms. The van der Waals surface area contributed by atoms with Crippen LogP contribution in [0.15, 0.2) is 24.3 Å². The fourth-order valence-electron chi connectivity index (χ4n) is 2.01. The number of carbonyl (C=O) groups is 2. The maximum absolute atomic E-state index is 11.9. The summed E-state index contributed by atoms with van der Waals surface area (Å²) >= 11 is 0. The molecular weight excluding hydrogens is 246 g/mol. The molecule has 0 unspecified atom stereocenters. The first-order chi connectivity index (χ1) is 9.15.